The number of anilines is 1. The largest absolute Gasteiger partial charge is 0.376 e. The van der Waals surface area contributed by atoms with E-state index in [1.54, 1.807) is 0 Å². The van der Waals surface area contributed by atoms with Crippen molar-refractivity contribution in [2.24, 2.45) is 0 Å². The standard InChI is InChI=1S/C15H14IN3S/c1-18(2)13-5-3-4-6-14(13)19-12-8-7-10(16)9-11(12)17-15(19)20/h3-9H,1-2H3,(H,17,20). The van der Waals surface area contributed by atoms with E-state index in [4.69, 9.17) is 12.2 Å². The molecule has 3 aromatic rings. The first-order valence-electron chi connectivity index (χ1n) is 6.25. The number of nitrogens with zero attached hydrogens (tertiary/aromatic N) is 2. The minimum absolute atomic E-state index is 0.719. The van der Waals surface area contributed by atoms with Gasteiger partial charge in [-0.1, -0.05) is 12.1 Å². The number of rotatable bonds is 2. The Morgan fingerprint density at radius 3 is 2.65 bits per heavy atom. The van der Waals surface area contributed by atoms with Gasteiger partial charge in [-0.25, -0.2) is 0 Å². The summed E-state index contributed by atoms with van der Waals surface area (Å²) in [5.41, 5.74) is 4.40. The van der Waals surface area contributed by atoms with Gasteiger partial charge >= 0.3 is 0 Å². The minimum Gasteiger partial charge on any atom is -0.376 e. The lowest BCUT2D eigenvalue weighted by atomic mass is 10.2. The number of halogens is 1. The number of H-pyrrole nitrogens is 1. The molecular weight excluding hydrogens is 381 g/mol. The third-order valence-corrected chi connectivity index (χ3v) is 4.20. The highest BCUT2D eigenvalue weighted by Crippen LogP contribution is 2.27. The number of nitrogens with one attached hydrogen (secondary N) is 1. The molecular formula is C15H14IN3S. The monoisotopic (exact) mass is 395 g/mol. The van der Waals surface area contributed by atoms with Gasteiger partial charge in [-0.15, -0.1) is 0 Å². The molecule has 0 fully saturated rings. The van der Waals surface area contributed by atoms with Gasteiger partial charge in [-0.3, -0.25) is 4.57 Å². The molecule has 3 rings (SSSR count). The molecule has 0 aliphatic heterocycles. The van der Waals surface area contributed by atoms with Crippen LogP contribution in [0.4, 0.5) is 5.69 Å². The van der Waals surface area contributed by atoms with Crippen LogP contribution in [0.5, 0.6) is 0 Å². The average molecular weight is 395 g/mol. The molecule has 1 N–H and O–H groups in total. The topological polar surface area (TPSA) is 24.0 Å². The summed E-state index contributed by atoms with van der Waals surface area (Å²) in [6.07, 6.45) is 0. The summed E-state index contributed by atoms with van der Waals surface area (Å²) in [4.78, 5) is 5.39. The Balaban J connectivity index is 2.36. The van der Waals surface area contributed by atoms with E-state index in [1.165, 1.54) is 3.57 Å². The number of hydrogen-bond donors (Lipinski definition) is 1. The van der Waals surface area contributed by atoms with Gasteiger partial charge in [0, 0.05) is 17.7 Å². The van der Waals surface area contributed by atoms with Crippen molar-refractivity contribution in [3.8, 4) is 5.69 Å². The van der Waals surface area contributed by atoms with Crippen molar-refractivity contribution in [3.05, 3.63) is 50.8 Å². The number of para-hydroxylation sites is 2. The van der Waals surface area contributed by atoms with Gasteiger partial charge in [0.25, 0.3) is 0 Å². The average Bonchev–Trinajstić information content (AvgIpc) is 2.73. The van der Waals surface area contributed by atoms with Crippen molar-refractivity contribution in [2.75, 3.05) is 19.0 Å². The maximum Gasteiger partial charge on any atom is 0.182 e. The minimum atomic E-state index is 0.719. The normalized spacial score (nSPS) is 10.9. The Labute approximate surface area is 136 Å². The SMILES string of the molecule is CN(C)c1ccccc1-n1c(=S)[nH]c2cc(I)ccc21. The summed E-state index contributed by atoms with van der Waals surface area (Å²) in [6, 6.07) is 14.6. The zero-order valence-electron chi connectivity index (χ0n) is 11.2. The van der Waals surface area contributed by atoms with Crippen LogP contribution in [-0.2, 0) is 0 Å². The van der Waals surface area contributed by atoms with Crippen molar-refractivity contribution >= 4 is 51.5 Å². The van der Waals surface area contributed by atoms with Crippen LogP contribution in [0.3, 0.4) is 0 Å². The fourth-order valence-corrected chi connectivity index (χ4v) is 3.15. The zero-order chi connectivity index (χ0) is 14.3. The molecule has 0 unspecified atom stereocenters. The zero-order valence-corrected chi connectivity index (χ0v) is 14.2. The van der Waals surface area contributed by atoms with Crippen LogP contribution >= 0.6 is 34.8 Å². The number of benzene rings is 2. The molecule has 3 nitrogen and oxygen atoms in total. The maximum atomic E-state index is 5.51. The second-order valence-corrected chi connectivity index (χ2v) is 6.44. The van der Waals surface area contributed by atoms with Crippen LogP contribution in [0, 0.1) is 8.34 Å². The van der Waals surface area contributed by atoms with E-state index >= 15 is 0 Å². The highest BCUT2D eigenvalue weighted by atomic mass is 127. The van der Waals surface area contributed by atoms with Crippen molar-refractivity contribution in [3.63, 3.8) is 0 Å². The number of imidazole rings is 1. The van der Waals surface area contributed by atoms with Gasteiger partial charge in [0.1, 0.15) is 0 Å². The van der Waals surface area contributed by atoms with Crippen LogP contribution in [0.15, 0.2) is 42.5 Å². The molecule has 0 aliphatic rings. The molecule has 20 heavy (non-hydrogen) atoms. The molecule has 0 aliphatic carbocycles. The molecule has 1 aromatic heterocycles. The summed E-state index contributed by atoms with van der Waals surface area (Å²) >= 11 is 7.82. The van der Waals surface area contributed by atoms with Crippen LogP contribution in [0.25, 0.3) is 16.7 Å². The van der Waals surface area contributed by atoms with E-state index in [1.807, 2.05) is 26.2 Å². The van der Waals surface area contributed by atoms with E-state index in [9.17, 15) is 0 Å². The number of fused-ring (bicyclic) bond motifs is 1. The van der Waals surface area contributed by atoms with Gasteiger partial charge in [-0.05, 0) is 65.1 Å². The number of aromatic amines is 1. The summed E-state index contributed by atoms with van der Waals surface area (Å²) in [5, 5.41) is 0. The molecule has 0 amide bonds. The fraction of sp³-hybridized carbons (Fsp3) is 0.133. The molecule has 102 valence electrons. The van der Waals surface area contributed by atoms with Gasteiger partial charge < -0.3 is 9.88 Å². The maximum absolute atomic E-state index is 5.51. The summed E-state index contributed by atoms with van der Waals surface area (Å²) in [5.74, 6) is 0. The molecule has 0 radical (unpaired) electrons. The molecule has 0 saturated heterocycles. The predicted octanol–water partition coefficient (Wildman–Crippen LogP) is 4.36. The van der Waals surface area contributed by atoms with E-state index in [-0.39, 0.29) is 0 Å². The Hall–Kier alpha value is -1.34. The van der Waals surface area contributed by atoms with E-state index in [0.717, 1.165) is 27.2 Å². The molecule has 2 aromatic carbocycles. The van der Waals surface area contributed by atoms with Gasteiger partial charge in [-0.2, -0.15) is 0 Å². The van der Waals surface area contributed by atoms with Crippen molar-refractivity contribution in [2.45, 2.75) is 0 Å². The highest BCUT2D eigenvalue weighted by molar-refractivity contribution is 14.1. The lowest BCUT2D eigenvalue weighted by Crippen LogP contribution is -2.12. The van der Waals surface area contributed by atoms with Crippen LogP contribution in [0.1, 0.15) is 0 Å². The summed E-state index contributed by atoms with van der Waals surface area (Å²) < 4.78 is 4.01. The first-order valence-corrected chi connectivity index (χ1v) is 7.73. The first-order chi connectivity index (χ1) is 9.58. The van der Waals surface area contributed by atoms with Crippen molar-refractivity contribution < 1.29 is 0 Å². The number of aromatic nitrogens is 2. The quantitative estimate of drug-likeness (QED) is 0.515. The Bertz CT molecular complexity index is 832. The molecule has 0 saturated carbocycles. The Kier molecular flexibility index (Phi) is 3.55. The molecule has 0 atom stereocenters. The van der Waals surface area contributed by atoms with Gasteiger partial charge in [0.2, 0.25) is 0 Å². The number of hydrogen-bond acceptors (Lipinski definition) is 2. The van der Waals surface area contributed by atoms with Crippen molar-refractivity contribution in [1.29, 1.82) is 0 Å². The highest BCUT2D eigenvalue weighted by Gasteiger charge is 2.11. The summed E-state index contributed by atoms with van der Waals surface area (Å²) in [6.45, 7) is 0. The van der Waals surface area contributed by atoms with Crippen LogP contribution < -0.4 is 4.90 Å². The second kappa shape index (κ2) is 5.21. The molecule has 0 spiro atoms. The van der Waals surface area contributed by atoms with Crippen molar-refractivity contribution in [1.82, 2.24) is 9.55 Å². The van der Waals surface area contributed by atoms with Gasteiger partial charge in [0.05, 0.1) is 22.4 Å². The Morgan fingerprint density at radius 2 is 1.90 bits per heavy atom. The fourth-order valence-electron chi connectivity index (χ4n) is 2.35. The lowest BCUT2D eigenvalue weighted by Gasteiger charge is -2.18. The molecule has 5 heteroatoms. The van der Waals surface area contributed by atoms with Gasteiger partial charge in [0.15, 0.2) is 4.77 Å². The molecule has 1 heterocycles. The van der Waals surface area contributed by atoms with Crippen LogP contribution in [-0.4, -0.2) is 23.6 Å². The second-order valence-electron chi connectivity index (χ2n) is 4.81. The summed E-state index contributed by atoms with van der Waals surface area (Å²) in [7, 11) is 4.08. The lowest BCUT2D eigenvalue weighted by molar-refractivity contribution is 1.03. The van der Waals surface area contributed by atoms with Crippen LogP contribution in [0.2, 0.25) is 0 Å². The third-order valence-electron chi connectivity index (χ3n) is 3.25. The van der Waals surface area contributed by atoms with E-state index in [0.29, 0.717) is 0 Å². The van der Waals surface area contributed by atoms with E-state index < -0.39 is 0 Å². The molecule has 0 bridgehead atoms. The first kappa shape index (κ1) is 13.6. The predicted molar refractivity (Wildman–Crippen MR) is 95.5 cm³/mol. The third kappa shape index (κ3) is 2.25. The van der Waals surface area contributed by atoms with E-state index in [2.05, 4.69) is 67.4 Å². The smallest absolute Gasteiger partial charge is 0.182 e. The Morgan fingerprint density at radius 1 is 1.15 bits per heavy atom.